The molecule has 110 valence electrons. The van der Waals surface area contributed by atoms with Crippen LogP contribution in [0.25, 0.3) is 0 Å². The zero-order chi connectivity index (χ0) is 14.6. The lowest BCUT2D eigenvalue weighted by atomic mass is 9.83. The van der Waals surface area contributed by atoms with Gasteiger partial charge in [-0.25, -0.2) is 0 Å². The maximum absolute atomic E-state index is 12.4. The summed E-state index contributed by atoms with van der Waals surface area (Å²) in [5.74, 6) is -0.177. The van der Waals surface area contributed by atoms with Crippen molar-refractivity contribution in [3.8, 4) is 5.75 Å². The summed E-state index contributed by atoms with van der Waals surface area (Å²) >= 11 is 0. The van der Waals surface area contributed by atoms with Gasteiger partial charge in [0.1, 0.15) is 5.75 Å². The van der Waals surface area contributed by atoms with Crippen molar-refractivity contribution in [2.75, 3.05) is 18.4 Å². The molecule has 1 fully saturated rings. The van der Waals surface area contributed by atoms with Gasteiger partial charge in [0, 0.05) is 6.54 Å². The molecule has 1 aliphatic rings. The van der Waals surface area contributed by atoms with Gasteiger partial charge in [-0.3, -0.25) is 4.79 Å². The summed E-state index contributed by atoms with van der Waals surface area (Å²) in [6, 6.07) is 6.22. The number of halogens is 2. The third-order valence-corrected chi connectivity index (χ3v) is 3.75. The van der Waals surface area contributed by atoms with Crippen molar-refractivity contribution in [3.05, 3.63) is 24.3 Å². The summed E-state index contributed by atoms with van der Waals surface area (Å²) in [4.78, 5) is 12.4. The molecule has 0 radical (unpaired) electrons. The zero-order valence-electron chi connectivity index (χ0n) is 11.3. The molecule has 0 aliphatic carbocycles. The number of hydrogen-bond acceptors (Lipinski definition) is 3. The smallest absolute Gasteiger partial charge is 0.387 e. The van der Waals surface area contributed by atoms with Crippen LogP contribution in [-0.2, 0) is 4.79 Å². The number of alkyl halides is 2. The average Bonchev–Trinajstić information content (AvgIpc) is 2.90. The van der Waals surface area contributed by atoms with E-state index in [1.807, 2.05) is 6.92 Å². The number of amides is 1. The largest absolute Gasteiger partial charge is 0.433 e. The number of carbonyl (C=O) groups excluding carboxylic acids is 1. The summed E-state index contributed by atoms with van der Waals surface area (Å²) in [5, 5.41) is 5.88. The second-order valence-electron chi connectivity index (χ2n) is 4.89. The number of carbonyl (C=O) groups is 1. The highest BCUT2D eigenvalue weighted by molar-refractivity contribution is 5.96. The maximum Gasteiger partial charge on any atom is 0.387 e. The van der Waals surface area contributed by atoms with E-state index in [0.717, 1.165) is 13.0 Å². The van der Waals surface area contributed by atoms with Crippen molar-refractivity contribution in [3.63, 3.8) is 0 Å². The van der Waals surface area contributed by atoms with Gasteiger partial charge in [0.2, 0.25) is 5.91 Å². The van der Waals surface area contributed by atoms with Gasteiger partial charge in [-0.05, 0) is 31.5 Å². The van der Waals surface area contributed by atoms with Crippen LogP contribution in [0.1, 0.15) is 19.8 Å². The third kappa shape index (κ3) is 3.07. The van der Waals surface area contributed by atoms with Crippen LogP contribution in [0.4, 0.5) is 14.5 Å². The molecule has 0 saturated carbocycles. The van der Waals surface area contributed by atoms with Crippen LogP contribution in [0.5, 0.6) is 5.75 Å². The second kappa shape index (κ2) is 6.17. The Morgan fingerprint density at radius 1 is 1.50 bits per heavy atom. The van der Waals surface area contributed by atoms with E-state index in [2.05, 4.69) is 15.4 Å². The first kappa shape index (κ1) is 14.7. The molecule has 4 nitrogen and oxygen atoms in total. The molecule has 2 N–H and O–H groups in total. The molecule has 0 aromatic heterocycles. The number of anilines is 1. The van der Waals surface area contributed by atoms with E-state index in [0.29, 0.717) is 13.0 Å². The molecule has 1 atom stereocenters. The monoisotopic (exact) mass is 284 g/mol. The average molecular weight is 284 g/mol. The minimum atomic E-state index is -2.92. The Morgan fingerprint density at radius 3 is 2.85 bits per heavy atom. The quantitative estimate of drug-likeness (QED) is 0.874. The van der Waals surface area contributed by atoms with Crippen molar-refractivity contribution < 1.29 is 18.3 Å². The SMILES string of the molecule is CCC1(C(=O)Nc2ccccc2OC(F)F)CCNC1. The Morgan fingerprint density at radius 2 is 2.25 bits per heavy atom. The summed E-state index contributed by atoms with van der Waals surface area (Å²) in [7, 11) is 0. The van der Waals surface area contributed by atoms with Crippen LogP contribution in [0.3, 0.4) is 0 Å². The molecular weight excluding hydrogens is 266 g/mol. The van der Waals surface area contributed by atoms with Crippen LogP contribution in [-0.4, -0.2) is 25.6 Å². The number of rotatable bonds is 5. The van der Waals surface area contributed by atoms with Crippen LogP contribution >= 0.6 is 0 Å². The molecular formula is C14H18F2N2O2. The summed E-state index contributed by atoms with van der Waals surface area (Å²) in [6.07, 6.45) is 1.44. The molecule has 1 saturated heterocycles. The van der Waals surface area contributed by atoms with Gasteiger partial charge in [0.25, 0.3) is 0 Å². The lowest BCUT2D eigenvalue weighted by Crippen LogP contribution is -2.37. The first-order valence-corrected chi connectivity index (χ1v) is 6.63. The molecule has 6 heteroatoms. The van der Waals surface area contributed by atoms with Crippen molar-refractivity contribution in [1.29, 1.82) is 0 Å². The molecule has 1 aliphatic heterocycles. The van der Waals surface area contributed by atoms with Crippen molar-refractivity contribution >= 4 is 11.6 Å². The van der Waals surface area contributed by atoms with E-state index in [-0.39, 0.29) is 17.3 Å². The van der Waals surface area contributed by atoms with Crippen LogP contribution < -0.4 is 15.4 Å². The van der Waals surface area contributed by atoms with Crippen molar-refractivity contribution in [2.24, 2.45) is 5.41 Å². The Kier molecular flexibility index (Phi) is 4.54. The summed E-state index contributed by atoms with van der Waals surface area (Å²) < 4.78 is 29.1. The molecule has 2 rings (SSSR count). The fourth-order valence-corrected chi connectivity index (χ4v) is 2.42. The number of nitrogens with one attached hydrogen (secondary N) is 2. The van der Waals surface area contributed by atoms with Gasteiger partial charge in [-0.1, -0.05) is 19.1 Å². The Labute approximate surface area is 116 Å². The number of hydrogen-bond donors (Lipinski definition) is 2. The van der Waals surface area contributed by atoms with E-state index >= 15 is 0 Å². The second-order valence-corrected chi connectivity index (χ2v) is 4.89. The highest BCUT2D eigenvalue weighted by atomic mass is 19.3. The van der Waals surface area contributed by atoms with Crippen LogP contribution in [0, 0.1) is 5.41 Å². The first-order valence-electron chi connectivity index (χ1n) is 6.63. The molecule has 1 unspecified atom stereocenters. The maximum atomic E-state index is 12.4. The summed E-state index contributed by atoms with van der Waals surface area (Å²) in [5.41, 5.74) is -0.199. The first-order chi connectivity index (χ1) is 9.57. The lowest BCUT2D eigenvalue weighted by molar-refractivity contribution is -0.124. The lowest BCUT2D eigenvalue weighted by Gasteiger charge is -2.25. The normalized spacial score (nSPS) is 22.0. The van der Waals surface area contributed by atoms with Gasteiger partial charge in [0.15, 0.2) is 0 Å². The van der Waals surface area contributed by atoms with Crippen LogP contribution in [0.2, 0.25) is 0 Å². The highest BCUT2D eigenvalue weighted by Gasteiger charge is 2.39. The van der Waals surface area contributed by atoms with E-state index in [1.54, 1.807) is 18.2 Å². The Bertz CT molecular complexity index is 474. The molecule has 0 spiro atoms. The molecule has 1 aromatic rings. The highest BCUT2D eigenvalue weighted by Crippen LogP contribution is 2.33. The fourth-order valence-electron chi connectivity index (χ4n) is 2.42. The van der Waals surface area contributed by atoms with Gasteiger partial charge in [0.05, 0.1) is 11.1 Å². The van der Waals surface area contributed by atoms with Crippen molar-refractivity contribution in [1.82, 2.24) is 5.32 Å². The van der Waals surface area contributed by atoms with E-state index in [1.165, 1.54) is 6.07 Å². The fraction of sp³-hybridized carbons (Fsp3) is 0.500. The number of benzene rings is 1. The minimum absolute atomic E-state index is 0.0203. The number of para-hydroxylation sites is 2. The van der Waals surface area contributed by atoms with Gasteiger partial charge in [-0.15, -0.1) is 0 Å². The van der Waals surface area contributed by atoms with Gasteiger partial charge >= 0.3 is 6.61 Å². The Hall–Kier alpha value is -1.69. The topological polar surface area (TPSA) is 50.4 Å². The molecule has 20 heavy (non-hydrogen) atoms. The van der Waals surface area contributed by atoms with E-state index < -0.39 is 12.0 Å². The van der Waals surface area contributed by atoms with E-state index in [4.69, 9.17) is 0 Å². The molecule has 1 amide bonds. The third-order valence-electron chi connectivity index (χ3n) is 3.75. The van der Waals surface area contributed by atoms with E-state index in [9.17, 15) is 13.6 Å². The standard InChI is InChI=1S/C14H18F2N2O2/c1-2-14(7-8-17-9-14)12(19)18-10-5-3-4-6-11(10)20-13(15)16/h3-6,13,17H,2,7-9H2,1H3,(H,18,19). The molecule has 1 heterocycles. The zero-order valence-corrected chi connectivity index (χ0v) is 11.3. The van der Waals surface area contributed by atoms with Gasteiger partial charge in [-0.2, -0.15) is 8.78 Å². The predicted octanol–water partition coefficient (Wildman–Crippen LogP) is 2.62. The molecule has 0 bridgehead atoms. The van der Waals surface area contributed by atoms with Gasteiger partial charge < -0.3 is 15.4 Å². The minimum Gasteiger partial charge on any atom is -0.433 e. The van der Waals surface area contributed by atoms with Crippen LogP contribution in [0.15, 0.2) is 24.3 Å². The van der Waals surface area contributed by atoms with Crippen molar-refractivity contribution in [2.45, 2.75) is 26.4 Å². The Balaban J connectivity index is 2.15. The molecule has 1 aromatic carbocycles. The predicted molar refractivity (Wildman–Crippen MR) is 71.9 cm³/mol. The summed E-state index contributed by atoms with van der Waals surface area (Å²) in [6.45, 7) is 0.430. The number of ether oxygens (including phenoxy) is 1.